The number of aryl methyl sites for hydroxylation is 2. The first-order valence-electron chi connectivity index (χ1n) is 10.2. The highest BCUT2D eigenvalue weighted by molar-refractivity contribution is 5.64. The van der Waals surface area contributed by atoms with Crippen molar-refractivity contribution < 1.29 is 14.3 Å². The number of anilines is 3. The number of carbonyl (C=O) groups is 1. The van der Waals surface area contributed by atoms with E-state index in [1.807, 2.05) is 30.5 Å². The minimum Gasteiger partial charge on any atom is -0.465 e. The first kappa shape index (κ1) is 20.6. The van der Waals surface area contributed by atoms with E-state index in [-0.39, 0.29) is 11.7 Å². The maximum Gasteiger partial charge on any atom is 0.404 e. The van der Waals surface area contributed by atoms with Gasteiger partial charge in [0.2, 0.25) is 5.95 Å². The van der Waals surface area contributed by atoms with Crippen LogP contribution >= 0.6 is 0 Å². The van der Waals surface area contributed by atoms with Crippen molar-refractivity contribution in [1.29, 1.82) is 0 Å². The predicted octanol–water partition coefficient (Wildman–Crippen LogP) is 3.86. The molecular formula is C22H25FN6O2. The Hall–Kier alpha value is -3.62. The van der Waals surface area contributed by atoms with Crippen molar-refractivity contribution >= 4 is 23.4 Å². The topological polar surface area (TPSA) is 95.3 Å². The number of para-hydroxylation sites is 1. The summed E-state index contributed by atoms with van der Waals surface area (Å²) in [7, 11) is 0. The summed E-state index contributed by atoms with van der Waals surface area (Å²) in [5.74, 6) is 1.55. The third-order valence-electron chi connectivity index (χ3n) is 5.46. The van der Waals surface area contributed by atoms with E-state index in [0.717, 1.165) is 24.4 Å². The number of nitrogens with zero attached hydrogens (tertiary/aromatic N) is 4. The van der Waals surface area contributed by atoms with Gasteiger partial charge < -0.3 is 20.6 Å². The molecule has 4 rings (SSSR count). The summed E-state index contributed by atoms with van der Waals surface area (Å²) in [6.07, 6.45) is -0.158. The minimum absolute atomic E-state index is 0.201. The van der Waals surface area contributed by atoms with Crippen molar-refractivity contribution in [3.63, 3.8) is 0 Å². The summed E-state index contributed by atoms with van der Waals surface area (Å²) < 4.78 is 16.2. The van der Waals surface area contributed by atoms with Crippen LogP contribution in [-0.4, -0.2) is 45.4 Å². The van der Waals surface area contributed by atoms with E-state index in [4.69, 9.17) is 10.1 Å². The summed E-state index contributed by atoms with van der Waals surface area (Å²) in [5.41, 5.74) is 2.33. The smallest absolute Gasteiger partial charge is 0.404 e. The molecule has 1 aliphatic heterocycles. The van der Waals surface area contributed by atoms with Crippen LogP contribution in [0.1, 0.15) is 17.8 Å². The first-order valence-corrected chi connectivity index (χ1v) is 10.2. The average molecular weight is 424 g/mol. The fourth-order valence-electron chi connectivity index (χ4n) is 3.87. The van der Waals surface area contributed by atoms with Gasteiger partial charge >= 0.3 is 6.09 Å². The highest BCUT2D eigenvalue weighted by atomic mass is 19.1. The fourth-order valence-corrected chi connectivity index (χ4v) is 3.87. The lowest BCUT2D eigenvalue weighted by Crippen LogP contribution is -2.30. The van der Waals surface area contributed by atoms with E-state index in [1.54, 1.807) is 24.3 Å². The predicted molar refractivity (Wildman–Crippen MR) is 117 cm³/mol. The van der Waals surface area contributed by atoms with Crippen molar-refractivity contribution in [3.8, 4) is 5.95 Å². The fraction of sp³-hybridized carbons (Fsp3) is 0.318. The molecule has 1 aliphatic rings. The number of aromatic nitrogens is 3. The molecule has 3 aromatic rings. The van der Waals surface area contributed by atoms with Crippen molar-refractivity contribution in [2.75, 3.05) is 29.9 Å². The van der Waals surface area contributed by atoms with Crippen LogP contribution in [-0.2, 0) is 0 Å². The maximum atomic E-state index is 14.2. The summed E-state index contributed by atoms with van der Waals surface area (Å²) in [6.45, 7) is 5.80. The van der Waals surface area contributed by atoms with Crippen molar-refractivity contribution in [2.24, 2.45) is 5.92 Å². The van der Waals surface area contributed by atoms with Gasteiger partial charge in [-0.25, -0.2) is 9.18 Å². The molecule has 9 heteroatoms. The van der Waals surface area contributed by atoms with Crippen LogP contribution in [0.2, 0.25) is 0 Å². The number of carboxylic acid groups (broad SMARTS) is 1. The van der Waals surface area contributed by atoms with Gasteiger partial charge in [-0.15, -0.1) is 0 Å². The van der Waals surface area contributed by atoms with E-state index < -0.39 is 6.09 Å². The molecule has 31 heavy (non-hydrogen) atoms. The van der Waals surface area contributed by atoms with Crippen molar-refractivity contribution in [2.45, 2.75) is 20.3 Å². The Morgan fingerprint density at radius 1 is 1.19 bits per heavy atom. The Kier molecular flexibility index (Phi) is 5.75. The van der Waals surface area contributed by atoms with Crippen LogP contribution in [0.25, 0.3) is 5.95 Å². The zero-order valence-corrected chi connectivity index (χ0v) is 17.5. The first-order chi connectivity index (χ1) is 14.9. The van der Waals surface area contributed by atoms with Crippen LogP contribution in [0.3, 0.4) is 0 Å². The van der Waals surface area contributed by atoms with Gasteiger partial charge in [0.25, 0.3) is 0 Å². The number of hydrogen-bond donors (Lipinski definition) is 3. The molecule has 0 bridgehead atoms. The lowest BCUT2D eigenvalue weighted by Gasteiger charge is -2.20. The number of amides is 1. The van der Waals surface area contributed by atoms with Crippen LogP contribution in [0.5, 0.6) is 0 Å². The second kappa shape index (κ2) is 8.63. The molecule has 3 N–H and O–H groups in total. The van der Waals surface area contributed by atoms with Crippen molar-refractivity contribution in [3.05, 3.63) is 59.7 Å². The molecule has 8 nitrogen and oxygen atoms in total. The van der Waals surface area contributed by atoms with Gasteiger partial charge in [0.1, 0.15) is 17.5 Å². The lowest BCUT2D eigenvalue weighted by molar-refractivity contribution is 0.192. The number of nitrogens with one attached hydrogen (secondary N) is 2. The molecule has 0 spiro atoms. The summed E-state index contributed by atoms with van der Waals surface area (Å²) in [5, 5.41) is 14.4. The molecule has 0 unspecified atom stereocenters. The SMILES string of the molecule is Cc1ccc(C)n1-c1nc(Nc2ccccc2F)cc(N2CC[C@H](CNC(=O)O)C2)n1. The molecule has 1 atom stereocenters. The highest BCUT2D eigenvalue weighted by Gasteiger charge is 2.25. The quantitative estimate of drug-likeness (QED) is 0.556. The Labute approximate surface area is 179 Å². The van der Waals surface area contributed by atoms with E-state index in [1.165, 1.54) is 6.07 Å². The Morgan fingerprint density at radius 2 is 1.94 bits per heavy atom. The summed E-state index contributed by atoms with van der Waals surface area (Å²) in [6, 6.07) is 12.3. The van der Waals surface area contributed by atoms with Gasteiger partial charge in [-0.2, -0.15) is 9.97 Å². The molecule has 2 aromatic heterocycles. The molecule has 0 radical (unpaired) electrons. The minimum atomic E-state index is -1.02. The van der Waals surface area contributed by atoms with E-state index in [9.17, 15) is 9.18 Å². The van der Waals surface area contributed by atoms with Gasteiger partial charge in [0.05, 0.1) is 5.69 Å². The maximum absolute atomic E-state index is 14.2. The van der Waals surface area contributed by atoms with Gasteiger partial charge in [-0.3, -0.25) is 4.57 Å². The zero-order valence-electron chi connectivity index (χ0n) is 17.5. The third kappa shape index (κ3) is 4.60. The molecule has 1 saturated heterocycles. The molecule has 1 fully saturated rings. The molecule has 0 saturated carbocycles. The van der Waals surface area contributed by atoms with E-state index >= 15 is 0 Å². The number of rotatable bonds is 6. The van der Waals surface area contributed by atoms with Gasteiger partial charge in [-0.1, -0.05) is 12.1 Å². The highest BCUT2D eigenvalue weighted by Crippen LogP contribution is 2.27. The number of halogens is 1. The van der Waals surface area contributed by atoms with Crippen LogP contribution in [0, 0.1) is 25.6 Å². The monoisotopic (exact) mass is 424 g/mol. The van der Waals surface area contributed by atoms with Gasteiger partial charge in [-0.05, 0) is 50.5 Å². The molecule has 0 aliphatic carbocycles. The van der Waals surface area contributed by atoms with E-state index in [0.29, 0.717) is 36.4 Å². The third-order valence-corrected chi connectivity index (χ3v) is 5.46. The average Bonchev–Trinajstić information content (AvgIpc) is 3.34. The molecule has 1 aromatic carbocycles. The largest absolute Gasteiger partial charge is 0.465 e. The van der Waals surface area contributed by atoms with Gasteiger partial charge in [0.15, 0.2) is 0 Å². The second-order valence-corrected chi connectivity index (χ2v) is 7.75. The molecule has 3 heterocycles. The molecule has 162 valence electrons. The Bertz CT molecular complexity index is 1080. The summed E-state index contributed by atoms with van der Waals surface area (Å²) in [4.78, 5) is 22.3. The zero-order chi connectivity index (χ0) is 22.0. The van der Waals surface area contributed by atoms with Crippen LogP contribution < -0.4 is 15.5 Å². The lowest BCUT2D eigenvalue weighted by atomic mass is 10.1. The Balaban J connectivity index is 1.67. The number of benzene rings is 1. The molecular weight excluding hydrogens is 399 g/mol. The Morgan fingerprint density at radius 3 is 2.65 bits per heavy atom. The normalized spacial score (nSPS) is 15.8. The van der Waals surface area contributed by atoms with E-state index in [2.05, 4.69) is 20.5 Å². The van der Waals surface area contributed by atoms with Gasteiger partial charge in [0, 0.05) is 37.1 Å². The summed E-state index contributed by atoms with van der Waals surface area (Å²) >= 11 is 0. The number of hydrogen-bond acceptors (Lipinski definition) is 5. The van der Waals surface area contributed by atoms with Crippen LogP contribution in [0.4, 0.5) is 26.5 Å². The standard InChI is InChI=1S/C22H25FN6O2/c1-14-7-8-15(2)29(14)21-26-19(25-18-6-4-3-5-17(18)23)11-20(27-21)28-10-9-16(13-28)12-24-22(30)31/h3-8,11,16,24H,9-10,12-13H2,1-2H3,(H,30,31)(H,25,26,27)/t16-/m1/s1. The van der Waals surface area contributed by atoms with Crippen molar-refractivity contribution in [1.82, 2.24) is 19.9 Å². The second-order valence-electron chi connectivity index (χ2n) is 7.75. The molecule has 1 amide bonds. The van der Waals surface area contributed by atoms with Crippen LogP contribution in [0.15, 0.2) is 42.5 Å².